The summed E-state index contributed by atoms with van der Waals surface area (Å²) >= 11 is 0. The van der Waals surface area contributed by atoms with E-state index in [1.807, 2.05) is 54.6 Å². The minimum Gasteiger partial charge on any atom is -0.495 e. The number of carbonyl (C=O) groups excluding carboxylic acids is 1. The summed E-state index contributed by atoms with van der Waals surface area (Å²) in [5, 5.41) is 0.479. The summed E-state index contributed by atoms with van der Waals surface area (Å²) in [6.07, 6.45) is 1.09. The Labute approximate surface area is 251 Å². The molecule has 0 atom stereocenters. The summed E-state index contributed by atoms with van der Waals surface area (Å²) in [6.45, 7) is 5.95. The summed E-state index contributed by atoms with van der Waals surface area (Å²) in [7, 11) is -0.222. The van der Waals surface area contributed by atoms with Gasteiger partial charge in [0.05, 0.1) is 30.1 Å². The van der Waals surface area contributed by atoms with Gasteiger partial charge < -0.3 is 19.0 Å². The van der Waals surface area contributed by atoms with E-state index in [-0.39, 0.29) is 11.3 Å². The maximum Gasteiger partial charge on any atom is 0.261 e. The smallest absolute Gasteiger partial charge is 0.261 e. The quantitative estimate of drug-likeness (QED) is 0.304. The molecule has 228 valence electrons. The molecule has 0 unspecified atom stereocenters. The lowest BCUT2D eigenvalue weighted by Crippen LogP contribution is -2.47. The first-order valence-electron chi connectivity index (χ1n) is 13.9. The van der Waals surface area contributed by atoms with Crippen LogP contribution in [0, 0.1) is 6.92 Å². The Morgan fingerprint density at radius 3 is 2.26 bits per heavy atom. The van der Waals surface area contributed by atoms with Crippen molar-refractivity contribution in [3.05, 3.63) is 88.6 Å². The summed E-state index contributed by atoms with van der Waals surface area (Å²) in [4.78, 5) is 32.7. The van der Waals surface area contributed by atoms with Crippen LogP contribution in [0.1, 0.15) is 12.0 Å². The van der Waals surface area contributed by atoms with E-state index in [9.17, 15) is 18.0 Å². The monoisotopic (exact) mass is 607 g/mol. The van der Waals surface area contributed by atoms with E-state index < -0.39 is 10.1 Å². The standard InChI is InChI=1S/C31H33N3O4.CH4O3S/c1-22-29(36)24-12-9-14-26(31(24)38-30(22)23-10-5-4-6-11-23)32(2)28(35)16-17-33-18-20-34(21-19-33)25-13-7-8-15-27(25)37-3;1-5(2,3)4/h4-15H,16-21H2,1-3H3;1H3,(H,2,3,4). The second kappa shape index (κ2) is 13.9. The number of ether oxygens (including phenoxy) is 1. The number of piperazine rings is 1. The zero-order valence-electron chi connectivity index (χ0n) is 24.8. The fourth-order valence-corrected chi connectivity index (χ4v) is 5.08. The van der Waals surface area contributed by atoms with Gasteiger partial charge in [-0.15, -0.1) is 0 Å². The maximum atomic E-state index is 13.3. The molecule has 1 saturated heterocycles. The molecule has 1 amide bonds. The van der Waals surface area contributed by atoms with Crippen LogP contribution in [0.25, 0.3) is 22.3 Å². The second-order valence-electron chi connectivity index (χ2n) is 10.3. The van der Waals surface area contributed by atoms with E-state index in [0.717, 1.165) is 43.2 Å². The van der Waals surface area contributed by atoms with Gasteiger partial charge in [0.1, 0.15) is 11.5 Å². The number of hydrogen-bond donors (Lipinski definition) is 1. The summed E-state index contributed by atoms with van der Waals surface area (Å²) in [6, 6.07) is 23.0. The molecule has 1 aliphatic rings. The molecule has 43 heavy (non-hydrogen) atoms. The average Bonchev–Trinajstić information content (AvgIpc) is 3.00. The van der Waals surface area contributed by atoms with Crippen molar-refractivity contribution in [1.82, 2.24) is 4.90 Å². The Balaban J connectivity index is 0.000000782. The van der Waals surface area contributed by atoms with Gasteiger partial charge in [-0.3, -0.25) is 19.0 Å². The molecule has 0 saturated carbocycles. The second-order valence-corrected chi connectivity index (χ2v) is 11.8. The van der Waals surface area contributed by atoms with Crippen molar-refractivity contribution in [1.29, 1.82) is 0 Å². The van der Waals surface area contributed by atoms with E-state index in [1.165, 1.54) is 0 Å². The van der Waals surface area contributed by atoms with E-state index in [0.29, 0.717) is 47.2 Å². The van der Waals surface area contributed by atoms with Gasteiger partial charge in [0.15, 0.2) is 11.0 Å². The molecular weight excluding hydrogens is 570 g/mol. The lowest BCUT2D eigenvalue weighted by Gasteiger charge is -2.36. The van der Waals surface area contributed by atoms with Crippen LogP contribution in [0.5, 0.6) is 5.75 Å². The first-order valence-corrected chi connectivity index (χ1v) is 15.7. The minimum absolute atomic E-state index is 0.0193. The van der Waals surface area contributed by atoms with E-state index in [4.69, 9.17) is 13.7 Å². The summed E-state index contributed by atoms with van der Waals surface area (Å²) < 4.78 is 37.7. The van der Waals surface area contributed by atoms with Crippen molar-refractivity contribution in [3.8, 4) is 17.1 Å². The fraction of sp³-hybridized carbons (Fsp3) is 0.312. The van der Waals surface area contributed by atoms with Crippen LogP contribution < -0.4 is 20.0 Å². The van der Waals surface area contributed by atoms with Crippen LogP contribution in [0.2, 0.25) is 0 Å². The molecule has 0 spiro atoms. The molecule has 11 heteroatoms. The molecular formula is C32H37N3O7S. The van der Waals surface area contributed by atoms with Gasteiger partial charge in [-0.05, 0) is 31.2 Å². The molecule has 0 bridgehead atoms. The van der Waals surface area contributed by atoms with Gasteiger partial charge in [-0.1, -0.05) is 48.5 Å². The molecule has 0 aliphatic carbocycles. The van der Waals surface area contributed by atoms with E-state index in [1.54, 1.807) is 38.1 Å². The van der Waals surface area contributed by atoms with Crippen molar-refractivity contribution in [2.24, 2.45) is 0 Å². The molecule has 10 nitrogen and oxygen atoms in total. The molecule has 1 fully saturated rings. The molecule has 1 aromatic heterocycles. The largest absolute Gasteiger partial charge is 0.495 e. The zero-order valence-corrected chi connectivity index (χ0v) is 25.6. The summed E-state index contributed by atoms with van der Waals surface area (Å²) in [5.41, 5.74) is 3.45. The Hall–Kier alpha value is -4.19. The Kier molecular flexibility index (Phi) is 10.2. The molecule has 1 N–H and O–H groups in total. The highest BCUT2D eigenvalue weighted by molar-refractivity contribution is 7.85. The van der Waals surface area contributed by atoms with Gasteiger partial charge in [0.2, 0.25) is 5.91 Å². The van der Waals surface area contributed by atoms with Crippen LogP contribution in [-0.4, -0.2) is 76.9 Å². The number of benzene rings is 3. The zero-order chi connectivity index (χ0) is 31.1. The highest BCUT2D eigenvalue weighted by Crippen LogP contribution is 2.31. The third-order valence-electron chi connectivity index (χ3n) is 7.34. The third kappa shape index (κ3) is 8.01. The van der Waals surface area contributed by atoms with Crippen molar-refractivity contribution in [3.63, 3.8) is 0 Å². The number of fused-ring (bicyclic) bond motifs is 1. The van der Waals surface area contributed by atoms with Gasteiger partial charge in [-0.25, -0.2) is 0 Å². The first-order chi connectivity index (χ1) is 20.5. The number of nitrogens with zero attached hydrogens (tertiary/aromatic N) is 3. The van der Waals surface area contributed by atoms with Crippen molar-refractivity contribution >= 4 is 38.4 Å². The molecule has 3 aromatic carbocycles. The van der Waals surface area contributed by atoms with E-state index >= 15 is 0 Å². The van der Waals surface area contributed by atoms with Crippen LogP contribution in [0.4, 0.5) is 11.4 Å². The molecule has 1 aliphatic heterocycles. The molecule has 4 aromatic rings. The number of carbonyl (C=O) groups is 1. The Bertz CT molecular complexity index is 1720. The number of anilines is 2. The number of methoxy groups -OCH3 is 1. The van der Waals surface area contributed by atoms with Crippen LogP contribution in [0.15, 0.2) is 82.0 Å². The average molecular weight is 608 g/mol. The Morgan fingerprint density at radius 1 is 0.977 bits per heavy atom. The number of amides is 1. The van der Waals surface area contributed by atoms with Crippen LogP contribution in [0.3, 0.4) is 0 Å². The predicted molar refractivity (Wildman–Crippen MR) is 170 cm³/mol. The first kappa shape index (κ1) is 31.7. The van der Waals surface area contributed by atoms with Crippen molar-refractivity contribution < 1.29 is 26.9 Å². The molecule has 2 heterocycles. The number of rotatable bonds is 7. The lowest BCUT2D eigenvalue weighted by atomic mass is 10.1. The number of hydrogen-bond acceptors (Lipinski definition) is 8. The van der Waals surface area contributed by atoms with Gasteiger partial charge in [-0.2, -0.15) is 8.42 Å². The molecule has 5 rings (SSSR count). The fourth-order valence-electron chi connectivity index (χ4n) is 5.08. The normalized spacial score (nSPS) is 13.7. The van der Waals surface area contributed by atoms with Crippen LogP contribution >= 0.6 is 0 Å². The Morgan fingerprint density at radius 2 is 1.60 bits per heavy atom. The minimum atomic E-state index is -3.67. The third-order valence-corrected chi connectivity index (χ3v) is 7.34. The lowest BCUT2D eigenvalue weighted by molar-refractivity contribution is -0.118. The highest BCUT2D eigenvalue weighted by Gasteiger charge is 2.23. The van der Waals surface area contributed by atoms with Gasteiger partial charge in [0, 0.05) is 57.3 Å². The van der Waals surface area contributed by atoms with Gasteiger partial charge >= 0.3 is 0 Å². The maximum absolute atomic E-state index is 13.3. The van der Waals surface area contributed by atoms with Crippen LogP contribution in [-0.2, 0) is 14.9 Å². The summed E-state index contributed by atoms with van der Waals surface area (Å²) in [5.74, 6) is 1.39. The highest BCUT2D eigenvalue weighted by atomic mass is 32.2. The van der Waals surface area contributed by atoms with Crippen molar-refractivity contribution in [2.45, 2.75) is 13.3 Å². The SMILES string of the molecule is COc1ccccc1N1CCN(CCC(=O)N(C)c2cccc3c(=O)c(C)c(-c4ccccc4)oc23)CC1.CS(=O)(=O)O. The van der Waals surface area contributed by atoms with E-state index in [2.05, 4.69) is 15.9 Å². The molecule has 0 radical (unpaired) electrons. The van der Waals surface area contributed by atoms with Crippen molar-refractivity contribution in [2.75, 3.05) is 62.9 Å². The number of para-hydroxylation sites is 3. The predicted octanol–water partition coefficient (Wildman–Crippen LogP) is 4.46. The topological polar surface area (TPSA) is 121 Å². The van der Waals surface area contributed by atoms with Gasteiger partial charge in [0.25, 0.3) is 10.1 Å².